The van der Waals surface area contributed by atoms with Gasteiger partial charge in [0.15, 0.2) is 0 Å². The number of nitrogens with one attached hydrogen (secondary N) is 1. The Hall–Kier alpha value is -2.04. The molecule has 0 fully saturated rings. The van der Waals surface area contributed by atoms with Crippen molar-refractivity contribution >= 4 is 11.9 Å². The monoisotopic (exact) mass is 293 g/mol. The van der Waals surface area contributed by atoms with Crippen LogP contribution in [0.25, 0.3) is 0 Å². The summed E-state index contributed by atoms with van der Waals surface area (Å²) in [5, 5.41) is 2.72. The summed E-state index contributed by atoms with van der Waals surface area (Å²) in [5.74, 6) is 0.145. The predicted molar refractivity (Wildman–Crippen MR) is 80.1 cm³/mol. The Bertz CT molecular complexity index is 485. The average molecular weight is 293 g/mol. The van der Waals surface area contributed by atoms with Gasteiger partial charge in [0.25, 0.3) is 0 Å². The van der Waals surface area contributed by atoms with Crippen molar-refractivity contribution in [1.29, 1.82) is 0 Å². The van der Waals surface area contributed by atoms with E-state index in [9.17, 15) is 9.59 Å². The van der Waals surface area contributed by atoms with Crippen LogP contribution in [0.1, 0.15) is 25.8 Å². The number of esters is 1. The lowest BCUT2D eigenvalue weighted by Crippen LogP contribution is -2.45. The fraction of sp³-hybridized carbons (Fsp3) is 0.500. The smallest absolute Gasteiger partial charge is 0.328 e. The third-order valence-corrected chi connectivity index (χ3v) is 3.25. The van der Waals surface area contributed by atoms with E-state index in [0.717, 1.165) is 11.3 Å². The number of rotatable bonds is 7. The van der Waals surface area contributed by atoms with Crippen LogP contribution in [0.2, 0.25) is 0 Å². The molecule has 0 saturated carbocycles. The second kappa shape index (κ2) is 8.29. The summed E-state index contributed by atoms with van der Waals surface area (Å²) in [5.41, 5.74) is 0.967. The summed E-state index contributed by atoms with van der Waals surface area (Å²) in [6.45, 7) is 3.73. The molecule has 0 radical (unpaired) electrons. The first-order chi connectivity index (χ1) is 9.99. The standard InChI is InChI=1S/C16H23NO4/c1-11(2)15(16(19)21-4)17-14(18)10-9-12-7-5-6-8-13(12)20-3/h5-8,11,15H,9-10H2,1-4H3,(H,17,18). The fourth-order valence-corrected chi connectivity index (χ4v) is 2.03. The van der Waals surface area contributed by atoms with E-state index in [1.165, 1.54) is 7.11 Å². The summed E-state index contributed by atoms with van der Waals surface area (Å²) in [6, 6.07) is 6.96. The highest BCUT2D eigenvalue weighted by atomic mass is 16.5. The van der Waals surface area contributed by atoms with Crippen LogP contribution in [-0.4, -0.2) is 32.1 Å². The van der Waals surface area contributed by atoms with Gasteiger partial charge in [-0.3, -0.25) is 4.79 Å². The van der Waals surface area contributed by atoms with E-state index in [0.29, 0.717) is 12.8 Å². The van der Waals surface area contributed by atoms with Gasteiger partial charge in [0.2, 0.25) is 5.91 Å². The fourth-order valence-electron chi connectivity index (χ4n) is 2.03. The second-order valence-corrected chi connectivity index (χ2v) is 5.12. The Kier molecular flexibility index (Phi) is 6.72. The molecule has 0 aliphatic rings. The lowest BCUT2D eigenvalue weighted by molar-refractivity contribution is -0.146. The highest BCUT2D eigenvalue weighted by Gasteiger charge is 2.24. The summed E-state index contributed by atoms with van der Waals surface area (Å²) in [7, 11) is 2.92. The normalized spacial score (nSPS) is 11.9. The maximum Gasteiger partial charge on any atom is 0.328 e. The quantitative estimate of drug-likeness (QED) is 0.780. The molecule has 0 spiro atoms. The maximum absolute atomic E-state index is 12.0. The number of hydrogen-bond donors (Lipinski definition) is 1. The summed E-state index contributed by atoms with van der Waals surface area (Å²) in [6.07, 6.45) is 0.850. The molecule has 0 aliphatic heterocycles. The van der Waals surface area contributed by atoms with Crippen molar-refractivity contribution in [2.75, 3.05) is 14.2 Å². The summed E-state index contributed by atoms with van der Waals surface area (Å²) < 4.78 is 9.95. The highest BCUT2D eigenvalue weighted by molar-refractivity contribution is 5.84. The topological polar surface area (TPSA) is 64.6 Å². The molecule has 0 saturated heterocycles. The van der Waals surface area contributed by atoms with Gasteiger partial charge >= 0.3 is 5.97 Å². The van der Waals surface area contributed by atoms with Crippen molar-refractivity contribution in [3.05, 3.63) is 29.8 Å². The predicted octanol–water partition coefficient (Wildman–Crippen LogP) is 1.94. The van der Waals surface area contributed by atoms with Crippen LogP contribution < -0.4 is 10.1 Å². The van der Waals surface area contributed by atoms with Gasteiger partial charge in [0, 0.05) is 6.42 Å². The van der Waals surface area contributed by atoms with E-state index < -0.39 is 12.0 Å². The van der Waals surface area contributed by atoms with Crippen LogP contribution in [0.3, 0.4) is 0 Å². The van der Waals surface area contributed by atoms with Gasteiger partial charge in [-0.25, -0.2) is 4.79 Å². The molecule has 0 bridgehead atoms. The third-order valence-electron chi connectivity index (χ3n) is 3.25. The van der Waals surface area contributed by atoms with Crippen molar-refractivity contribution in [3.8, 4) is 5.75 Å². The molecule has 5 heteroatoms. The van der Waals surface area contributed by atoms with E-state index >= 15 is 0 Å². The number of methoxy groups -OCH3 is 2. The van der Waals surface area contributed by atoms with Gasteiger partial charge in [0.05, 0.1) is 14.2 Å². The van der Waals surface area contributed by atoms with E-state index in [4.69, 9.17) is 9.47 Å². The largest absolute Gasteiger partial charge is 0.496 e. The molecule has 0 aromatic heterocycles. The van der Waals surface area contributed by atoms with Crippen molar-refractivity contribution in [2.45, 2.75) is 32.7 Å². The molecule has 5 nitrogen and oxygen atoms in total. The Morgan fingerprint density at radius 2 is 1.86 bits per heavy atom. The number of ether oxygens (including phenoxy) is 2. The number of amides is 1. The molecule has 1 unspecified atom stereocenters. The van der Waals surface area contributed by atoms with Crippen LogP contribution >= 0.6 is 0 Å². The summed E-state index contributed by atoms with van der Waals surface area (Å²) >= 11 is 0. The molecule has 0 aliphatic carbocycles. The van der Waals surface area contributed by atoms with Crippen molar-refractivity contribution in [1.82, 2.24) is 5.32 Å². The van der Waals surface area contributed by atoms with Crippen LogP contribution in [0, 0.1) is 5.92 Å². The van der Waals surface area contributed by atoms with Crippen LogP contribution in [0.4, 0.5) is 0 Å². The maximum atomic E-state index is 12.0. The molecule has 1 N–H and O–H groups in total. The number of benzene rings is 1. The number of carbonyl (C=O) groups is 2. The molecule has 21 heavy (non-hydrogen) atoms. The van der Waals surface area contributed by atoms with E-state index in [1.807, 2.05) is 38.1 Å². The molecular formula is C16H23NO4. The van der Waals surface area contributed by atoms with Crippen molar-refractivity contribution in [2.24, 2.45) is 5.92 Å². The second-order valence-electron chi connectivity index (χ2n) is 5.12. The lowest BCUT2D eigenvalue weighted by Gasteiger charge is -2.19. The number of aryl methyl sites for hydroxylation is 1. The van der Waals surface area contributed by atoms with Gasteiger partial charge < -0.3 is 14.8 Å². The first kappa shape index (κ1) is 17.0. The van der Waals surface area contributed by atoms with Crippen molar-refractivity contribution < 1.29 is 19.1 Å². The average Bonchev–Trinajstić information content (AvgIpc) is 2.49. The Morgan fingerprint density at radius 1 is 1.19 bits per heavy atom. The van der Waals surface area contributed by atoms with Gasteiger partial charge in [-0.05, 0) is 24.0 Å². The number of hydrogen-bond acceptors (Lipinski definition) is 4. The van der Waals surface area contributed by atoms with E-state index in [1.54, 1.807) is 7.11 Å². The Labute approximate surface area is 125 Å². The molecule has 1 aromatic rings. The highest BCUT2D eigenvalue weighted by Crippen LogP contribution is 2.18. The number of carbonyl (C=O) groups excluding carboxylic acids is 2. The Morgan fingerprint density at radius 3 is 2.43 bits per heavy atom. The minimum absolute atomic E-state index is 0.0207. The first-order valence-electron chi connectivity index (χ1n) is 6.98. The summed E-state index contributed by atoms with van der Waals surface area (Å²) in [4.78, 5) is 23.6. The van der Waals surface area contributed by atoms with Gasteiger partial charge in [-0.2, -0.15) is 0 Å². The molecule has 0 heterocycles. The van der Waals surface area contributed by atoms with E-state index in [-0.39, 0.29) is 11.8 Å². The zero-order valence-corrected chi connectivity index (χ0v) is 13.0. The molecule has 116 valence electrons. The van der Waals surface area contributed by atoms with Crippen LogP contribution in [0.15, 0.2) is 24.3 Å². The van der Waals surface area contributed by atoms with Gasteiger partial charge in [0.1, 0.15) is 11.8 Å². The van der Waals surface area contributed by atoms with Crippen LogP contribution in [-0.2, 0) is 20.7 Å². The van der Waals surface area contributed by atoms with Crippen molar-refractivity contribution in [3.63, 3.8) is 0 Å². The SMILES string of the molecule is COC(=O)C(NC(=O)CCc1ccccc1OC)C(C)C. The molecule has 1 atom stereocenters. The Balaban J connectivity index is 2.59. The molecular weight excluding hydrogens is 270 g/mol. The van der Waals surface area contributed by atoms with Gasteiger partial charge in [-0.1, -0.05) is 32.0 Å². The minimum Gasteiger partial charge on any atom is -0.496 e. The number of para-hydroxylation sites is 1. The van der Waals surface area contributed by atoms with E-state index in [2.05, 4.69) is 5.32 Å². The third kappa shape index (κ3) is 5.10. The molecule has 1 amide bonds. The molecule has 1 rings (SSSR count). The van der Waals surface area contributed by atoms with Crippen LogP contribution in [0.5, 0.6) is 5.75 Å². The zero-order chi connectivity index (χ0) is 15.8. The minimum atomic E-state index is -0.611. The molecule has 1 aromatic carbocycles. The van der Waals surface area contributed by atoms with Gasteiger partial charge in [-0.15, -0.1) is 0 Å². The first-order valence-corrected chi connectivity index (χ1v) is 6.98. The lowest BCUT2D eigenvalue weighted by atomic mass is 10.0. The zero-order valence-electron chi connectivity index (χ0n) is 13.0.